The second-order valence-electron chi connectivity index (χ2n) is 5.43. The zero-order valence-electron chi connectivity index (χ0n) is 14.4. The first kappa shape index (κ1) is 20.1. The molecule has 0 spiro atoms. The van der Waals surface area contributed by atoms with Gasteiger partial charge in [0.15, 0.2) is 0 Å². The number of hydrogen-bond donors (Lipinski definition) is 0. The lowest BCUT2D eigenvalue weighted by molar-refractivity contribution is 0.0344. The monoisotopic (exact) mass is 304 g/mol. The summed E-state index contributed by atoms with van der Waals surface area (Å²) in [7, 11) is -2.46. The Balaban J connectivity index is 4.46. The highest BCUT2D eigenvalue weighted by Crippen LogP contribution is 2.23. The summed E-state index contributed by atoms with van der Waals surface area (Å²) >= 11 is 0. The predicted octanol–water partition coefficient (Wildman–Crippen LogP) is 5.17. The molecule has 0 N–H and O–H groups in total. The van der Waals surface area contributed by atoms with Crippen LogP contribution in [-0.2, 0) is 13.3 Å². The van der Waals surface area contributed by atoms with Gasteiger partial charge in [-0.2, -0.15) is 0 Å². The van der Waals surface area contributed by atoms with Gasteiger partial charge < -0.3 is 13.3 Å². The average molecular weight is 305 g/mol. The molecule has 0 aromatic heterocycles. The van der Waals surface area contributed by atoms with Gasteiger partial charge in [-0.25, -0.2) is 0 Å². The quantitative estimate of drug-likeness (QED) is 0.327. The van der Waals surface area contributed by atoms with Crippen molar-refractivity contribution in [3.63, 3.8) is 0 Å². The van der Waals surface area contributed by atoms with Gasteiger partial charge in [-0.15, -0.1) is 0 Å². The normalized spacial score (nSPS) is 13.7. The highest BCUT2D eigenvalue weighted by atomic mass is 28.4. The first-order valence-electron chi connectivity index (χ1n) is 8.59. The van der Waals surface area contributed by atoms with Gasteiger partial charge in [0.25, 0.3) is 0 Å². The van der Waals surface area contributed by atoms with Gasteiger partial charge in [0, 0.05) is 25.4 Å². The van der Waals surface area contributed by atoms with Crippen molar-refractivity contribution in [2.45, 2.75) is 91.7 Å². The molecule has 0 fully saturated rings. The Hall–Kier alpha value is 0.0969. The molecule has 0 amide bonds. The van der Waals surface area contributed by atoms with Crippen LogP contribution in [0.15, 0.2) is 0 Å². The highest BCUT2D eigenvalue weighted by molar-refractivity contribution is 6.60. The third-order valence-electron chi connectivity index (χ3n) is 3.41. The second kappa shape index (κ2) is 12.8. The second-order valence-corrected chi connectivity index (χ2v) is 8.11. The zero-order valence-corrected chi connectivity index (χ0v) is 15.4. The third kappa shape index (κ3) is 9.11. The van der Waals surface area contributed by atoms with E-state index >= 15 is 0 Å². The molecule has 20 heavy (non-hydrogen) atoms. The summed E-state index contributed by atoms with van der Waals surface area (Å²) in [6, 6.07) is 0.963. The smallest absolute Gasteiger partial charge is 0.374 e. The minimum atomic E-state index is -2.46. The van der Waals surface area contributed by atoms with Crippen molar-refractivity contribution in [2.75, 3.05) is 13.2 Å². The molecule has 1 unspecified atom stereocenters. The summed E-state index contributed by atoms with van der Waals surface area (Å²) in [5, 5.41) is 0. The Morgan fingerprint density at radius 2 is 1.40 bits per heavy atom. The van der Waals surface area contributed by atoms with E-state index in [1.807, 2.05) is 13.8 Å². The number of hydrogen-bond acceptors (Lipinski definition) is 3. The van der Waals surface area contributed by atoms with Crippen molar-refractivity contribution < 1.29 is 13.3 Å². The fourth-order valence-corrected chi connectivity index (χ4v) is 5.30. The topological polar surface area (TPSA) is 27.7 Å². The molecule has 0 aliphatic rings. The molecule has 0 rings (SSSR count). The number of rotatable bonds is 14. The molecule has 0 aliphatic heterocycles. The van der Waals surface area contributed by atoms with E-state index in [-0.39, 0.29) is 6.10 Å². The van der Waals surface area contributed by atoms with Crippen LogP contribution in [0.4, 0.5) is 0 Å². The Labute approximate surface area is 127 Å². The van der Waals surface area contributed by atoms with Gasteiger partial charge >= 0.3 is 8.80 Å². The molecule has 4 heteroatoms. The van der Waals surface area contributed by atoms with E-state index in [1.54, 1.807) is 0 Å². The summed E-state index contributed by atoms with van der Waals surface area (Å²) in [6.07, 6.45) is 8.70. The Kier molecular flexibility index (Phi) is 12.9. The van der Waals surface area contributed by atoms with Crippen molar-refractivity contribution in [1.82, 2.24) is 0 Å². The van der Waals surface area contributed by atoms with E-state index in [4.69, 9.17) is 13.3 Å². The van der Waals surface area contributed by atoms with E-state index in [0.29, 0.717) is 13.2 Å². The molecule has 0 heterocycles. The molecule has 0 saturated carbocycles. The van der Waals surface area contributed by atoms with Gasteiger partial charge in [0.2, 0.25) is 0 Å². The maximum atomic E-state index is 6.30. The lowest BCUT2D eigenvalue weighted by Gasteiger charge is -2.32. The molecule has 0 radical (unpaired) electrons. The van der Waals surface area contributed by atoms with Crippen LogP contribution in [0.1, 0.15) is 79.6 Å². The Morgan fingerprint density at radius 1 is 0.800 bits per heavy atom. The molecule has 1 atom stereocenters. The lowest BCUT2D eigenvalue weighted by atomic mass is 10.2. The van der Waals surface area contributed by atoms with Crippen LogP contribution < -0.4 is 0 Å². The molecular formula is C16H36O3Si. The fourth-order valence-electron chi connectivity index (χ4n) is 2.38. The van der Waals surface area contributed by atoms with Crippen molar-refractivity contribution in [2.24, 2.45) is 0 Å². The SMILES string of the molecule is CCCCCC[Si](OCC)(OCC)OC(C)CCCC. The molecule has 0 aliphatic carbocycles. The van der Waals surface area contributed by atoms with Crippen LogP contribution in [0.3, 0.4) is 0 Å². The minimum Gasteiger partial charge on any atom is -0.374 e. The third-order valence-corrected chi connectivity index (χ3v) is 6.59. The van der Waals surface area contributed by atoms with Crippen LogP contribution in [0, 0.1) is 0 Å². The molecule has 0 aromatic rings. The average Bonchev–Trinajstić information content (AvgIpc) is 2.42. The van der Waals surface area contributed by atoms with Gasteiger partial charge in [-0.05, 0) is 33.6 Å². The van der Waals surface area contributed by atoms with Crippen molar-refractivity contribution in [3.8, 4) is 0 Å². The van der Waals surface area contributed by atoms with E-state index in [2.05, 4.69) is 20.8 Å². The Bertz CT molecular complexity index is 206. The lowest BCUT2D eigenvalue weighted by Crippen LogP contribution is -2.48. The molecule has 122 valence electrons. The van der Waals surface area contributed by atoms with Crippen LogP contribution in [0.25, 0.3) is 0 Å². The first-order valence-corrected chi connectivity index (χ1v) is 10.5. The maximum absolute atomic E-state index is 6.30. The van der Waals surface area contributed by atoms with Gasteiger partial charge in [0.1, 0.15) is 0 Å². The minimum absolute atomic E-state index is 0.242. The van der Waals surface area contributed by atoms with Gasteiger partial charge in [-0.1, -0.05) is 46.0 Å². The van der Waals surface area contributed by atoms with Crippen LogP contribution in [0.5, 0.6) is 0 Å². The Morgan fingerprint density at radius 3 is 1.90 bits per heavy atom. The summed E-state index contributed by atoms with van der Waals surface area (Å²) in [5.74, 6) is 0. The number of unbranched alkanes of at least 4 members (excludes halogenated alkanes) is 4. The maximum Gasteiger partial charge on any atom is 0.501 e. The standard InChI is InChI=1S/C16H36O3Si/c1-6-10-12-13-15-20(17-8-3,18-9-4)19-16(5)14-11-7-2/h16H,6-15H2,1-5H3. The first-order chi connectivity index (χ1) is 9.64. The molecular weight excluding hydrogens is 268 g/mol. The summed E-state index contributed by atoms with van der Waals surface area (Å²) in [5.41, 5.74) is 0. The molecule has 0 saturated heterocycles. The van der Waals surface area contributed by atoms with Crippen molar-refractivity contribution >= 4 is 8.80 Å². The van der Waals surface area contributed by atoms with Crippen LogP contribution in [-0.4, -0.2) is 28.1 Å². The molecule has 0 bridgehead atoms. The summed E-state index contributed by atoms with van der Waals surface area (Å²) < 4.78 is 18.3. The van der Waals surface area contributed by atoms with E-state index < -0.39 is 8.80 Å². The molecule has 0 aromatic carbocycles. The highest BCUT2D eigenvalue weighted by Gasteiger charge is 2.41. The van der Waals surface area contributed by atoms with E-state index in [9.17, 15) is 0 Å². The summed E-state index contributed by atoms with van der Waals surface area (Å²) in [4.78, 5) is 0. The zero-order chi connectivity index (χ0) is 15.3. The van der Waals surface area contributed by atoms with Crippen molar-refractivity contribution in [1.29, 1.82) is 0 Å². The summed E-state index contributed by atoms with van der Waals surface area (Å²) in [6.45, 7) is 12.0. The van der Waals surface area contributed by atoms with Crippen molar-refractivity contribution in [3.05, 3.63) is 0 Å². The van der Waals surface area contributed by atoms with E-state index in [0.717, 1.165) is 18.9 Å². The molecule has 3 nitrogen and oxygen atoms in total. The van der Waals surface area contributed by atoms with Gasteiger partial charge in [0.05, 0.1) is 0 Å². The van der Waals surface area contributed by atoms with Crippen LogP contribution in [0.2, 0.25) is 6.04 Å². The van der Waals surface area contributed by atoms with E-state index in [1.165, 1.54) is 32.1 Å². The van der Waals surface area contributed by atoms with Crippen LogP contribution >= 0.6 is 0 Å². The largest absolute Gasteiger partial charge is 0.501 e. The predicted molar refractivity (Wildman–Crippen MR) is 88.0 cm³/mol. The fraction of sp³-hybridized carbons (Fsp3) is 1.00. The van der Waals surface area contributed by atoms with Gasteiger partial charge in [-0.3, -0.25) is 0 Å².